The molecule has 2 aromatic rings. The minimum atomic E-state index is -3.63. The van der Waals surface area contributed by atoms with Gasteiger partial charge in [0.15, 0.2) is 0 Å². The van der Waals surface area contributed by atoms with Crippen molar-refractivity contribution in [1.82, 2.24) is 9.21 Å². The van der Waals surface area contributed by atoms with Gasteiger partial charge in [0, 0.05) is 43.2 Å². The van der Waals surface area contributed by atoms with Crippen LogP contribution in [0.5, 0.6) is 0 Å². The highest BCUT2D eigenvalue weighted by Crippen LogP contribution is 2.30. The molecule has 31 heavy (non-hydrogen) atoms. The van der Waals surface area contributed by atoms with E-state index in [1.165, 1.54) is 21.3 Å². The fourth-order valence-corrected chi connectivity index (χ4v) is 6.46. The van der Waals surface area contributed by atoms with Gasteiger partial charge in [-0.15, -0.1) is 0 Å². The van der Waals surface area contributed by atoms with Crippen LogP contribution in [-0.2, 0) is 21.4 Å². The number of benzene rings is 2. The third-order valence-corrected chi connectivity index (χ3v) is 8.40. The smallest absolute Gasteiger partial charge is 0.243 e. The quantitative estimate of drug-likeness (QED) is 0.653. The van der Waals surface area contributed by atoms with Gasteiger partial charge in [0.1, 0.15) is 5.82 Å². The Morgan fingerprint density at radius 3 is 2.29 bits per heavy atom. The van der Waals surface area contributed by atoms with Crippen molar-refractivity contribution >= 4 is 27.5 Å². The summed E-state index contributed by atoms with van der Waals surface area (Å²) in [6.45, 7) is 6.20. The summed E-state index contributed by atoms with van der Waals surface area (Å²) >= 11 is 6.08. The fraction of sp³-hybridized carbons (Fsp3) is 0.435. The molecule has 1 aliphatic heterocycles. The Morgan fingerprint density at radius 2 is 1.74 bits per heavy atom. The van der Waals surface area contributed by atoms with E-state index in [0.717, 1.165) is 16.7 Å². The first kappa shape index (κ1) is 23.7. The highest BCUT2D eigenvalue weighted by Gasteiger charge is 2.34. The zero-order valence-electron chi connectivity index (χ0n) is 18.3. The molecule has 168 valence electrons. The summed E-state index contributed by atoms with van der Waals surface area (Å²) in [7, 11) is -2.01. The predicted molar refractivity (Wildman–Crippen MR) is 120 cm³/mol. The molecule has 0 N–H and O–H groups in total. The van der Waals surface area contributed by atoms with E-state index in [1.807, 2.05) is 32.9 Å². The van der Waals surface area contributed by atoms with Crippen molar-refractivity contribution in [1.29, 1.82) is 0 Å². The molecule has 1 heterocycles. The molecule has 2 aromatic carbocycles. The van der Waals surface area contributed by atoms with Crippen LogP contribution in [0, 0.1) is 32.5 Å². The fourth-order valence-electron chi connectivity index (χ4n) is 4.36. The van der Waals surface area contributed by atoms with Gasteiger partial charge >= 0.3 is 0 Å². The van der Waals surface area contributed by atoms with Crippen LogP contribution in [0.2, 0.25) is 5.02 Å². The van der Waals surface area contributed by atoms with Crippen LogP contribution < -0.4 is 0 Å². The molecule has 0 spiro atoms. The van der Waals surface area contributed by atoms with Crippen molar-refractivity contribution in [2.24, 2.45) is 5.92 Å². The monoisotopic (exact) mass is 466 g/mol. The Balaban J connectivity index is 1.68. The van der Waals surface area contributed by atoms with Gasteiger partial charge in [0.05, 0.1) is 4.90 Å². The van der Waals surface area contributed by atoms with Crippen LogP contribution in [-0.4, -0.2) is 43.7 Å². The molecule has 3 rings (SSSR count). The van der Waals surface area contributed by atoms with E-state index >= 15 is 0 Å². The number of rotatable bonds is 5. The van der Waals surface area contributed by atoms with Crippen LogP contribution >= 0.6 is 11.6 Å². The van der Waals surface area contributed by atoms with Crippen molar-refractivity contribution in [3.63, 3.8) is 0 Å². The highest BCUT2D eigenvalue weighted by atomic mass is 35.5. The minimum Gasteiger partial charge on any atom is -0.341 e. The topological polar surface area (TPSA) is 57.7 Å². The molecule has 1 saturated heterocycles. The number of sulfonamides is 1. The van der Waals surface area contributed by atoms with E-state index in [1.54, 1.807) is 13.1 Å². The van der Waals surface area contributed by atoms with Gasteiger partial charge in [-0.05, 0) is 56.9 Å². The van der Waals surface area contributed by atoms with Crippen molar-refractivity contribution in [2.45, 2.75) is 45.1 Å². The standard InChI is InChI=1S/C23H28ClFN2O3S/c1-15-12-16(2)22(17(3)13-15)31(29,30)27-10-8-18(9-11-27)23(28)26(4)14-19-20(24)6-5-7-21(19)25/h5-7,12-13,18H,8-11,14H2,1-4H3. The van der Waals surface area contributed by atoms with Gasteiger partial charge in [0.25, 0.3) is 0 Å². The van der Waals surface area contributed by atoms with Gasteiger partial charge in [-0.3, -0.25) is 4.79 Å². The molecular weight excluding hydrogens is 439 g/mol. The maximum atomic E-state index is 14.1. The number of hydrogen-bond donors (Lipinski definition) is 0. The largest absolute Gasteiger partial charge is 0.341 e. The third kappa shape index (κ3) is 4.94. The van der Waals surface area contributed by atoms with Crippen molar-refractivity contribution in [3.8, 4) is 0 Å². The molecule has 5 nitrogen and oxygen atoms in total. The SMILES string of the molecule is Cc1cc(C)c(S(=O)(=O)N2CCC(C(=O)N(C)Cc3c(F)cccc3Cl)CC2)c(C)c1. The van der Waals surface area contributed by atoms with E-state index in [9.17, 15) is 17.6 Å². The number of amides is 1. The molecule has 0 atom stereocenters. The zero-order chi connectivity index (χ0) is 22.9. The second kappa shape index (κ2) is 9.27. The van der Waals surface area contributed by atoms with Crippen LogP contribution in [0.4, 0.5) is 4.39 Å². The molecule has 1 fully saturated rings. The summed E-state index contributed by atoms with van der Waals surface area (Å²) in [5, 5.41) is 0.282. The average molecular weight is 467 g/mol. The molecule has 0 aromatic heterocycles. The molecule has 1 aliphatic rings. The zero-order valence-corrected chi connectivity index (χ0v) is 19.9. The maximum absolute atomic E-state index is 14.1. The summed E-state index contributed by atoms with van der Waals surface area (Å²) in [4.78, 5) is 14.7. The molecule has 8 heteroatoms. The molecule has 0 radical (unpaired) electrons. The molecular formula is C23H28ClFN2O3S. The summed E-state index contributed by atoms with van der Waals surface area (Å²) in [5.41, 5.74) is 2.77. The molecule has 0 unspecified atom stereocenters. The summed E-state index contributed by atoms with van der Waals surface area (Å²) in [5.74, 6) is -0.877. The van der Waals surface area contributed by atoms with E-state index in [2.05, 4.69) is 0 Å². The van der Waals surface area contributed by atoms with Gasteiger partial charge < -0.3 is 4.90 Å². The Kier molecular flexibility index (Phi) is 7.08. The Bertz CT molecular complexity index is 1050. The Labute approximate surface area is 188 Å². The number of aryl methyl sites for hydroxylation is 3. The van der Waals surface area contributed by atoms with Crippen molar-refractivity contribution in [2.75, 3.05) is 20.1 Å². The second-order valence-corrected chi connectivity index (χ2v) is 10.6. The van der Waals surface area contributed by atoms with Crippen LogP contribution in [0.25, 0.3) is 0 Å². The van der Waals surface area contributed by atoms with Crippen LogP contribution in [0.15, 0.2) is 35.2 Å². The lowest BCUT2D eigenvalue weighted by Crippen LogP contribution is -2.43. The second-order valence-electron chi connectivity index (χ2n) is 8.30. The number of piperidine rings is 1. The Morgan fingerprint density at radius 1 is 1.16 bits per heavy atom. The first-order valence-electron chi connectivity index (χ1n) is 10.3. The van der Waals surface area contributed by atoms with E-state index in [0.29, 0.717) is 17.7 Å². The maximum Gasteiger partial charge on any atom is 0.243 e. The number of halogens is 2. The summed E-state index contributed by atoms with van der Waals surface area (Å²) < 4.78 is 42.0. The lowest BCUT2D eigenvalue weighted by molar-refractivity contribution is -0.135. The first-order chi connectivity index (χ1) is 14.5. The predicted octanol–water partition coefficient (Wildman–Crippen LogP) is 4.46. The van der Waals surface area contributed by atoms with Gasteiger partial charge in [-0.2, -0.15) is 4.31 Å². The Hall–Kier alpha value is -1.96. The van der Waals surface area contributed by atoms with E-state index in [4.69, 9.17) is 11.6 Å². The minimum absolute atomic E-state index is 0.0740. The molecule has 0 bridgehead atoms. The summed E-state index contributed by atoms with van der Waals surface area (Å²) in [6.07, 6.45) is 0.856. The van der Waals surface area contributed by atoms with Gasteiger partial charge in [0.2, 0.25) is 15.9 Å². The number of carbonyl (C=O) groups excluding carboxylic acids is 1. The molecule has 1 amide bonds. The van der Waals surface area contributed by atoms with Crippen LogP contribution in [0.3, 0.4) is 0 Å². The van der Waals surface area contributed by atoms with Crippen molar-refractivity contribution in [3.05, 3.63) is 63.4 Å². The van der Waals surface area contributed by atoms with Gasteiger partial charge in [-0.25, -0.2) is 12.8 Å². The van der Waals surface area contributed by atoms with Crippen molar-refractivity contribution < 1.29 is 17.6 Å². The molecule has 0 aliphatic carbocycles. The summed E-state index contributed by atoms with van der Waals surface area (Å²) in [6, 6.07) is 8.18. The van der Waals surface area contributed by atoms with Crippen LogP contribution in [0.1, 0.15) is 35.1 Å². The van der Waals surface area contributed by atoms with E-state index < -0.39 is 15.8 Å². The number of nitrogens with zero attached hydrogens (tertiary/aromatic N) is 2. The third-order valence-electron chi connectivity index (χ3n) is 5.84. The van der Waals surface area contributed by atoms with E-state index in [-0.39, 0.29) is 42.0 Å². The first-order valence-corrected chi connectivity index (χ1v) is 12.1. The lowest BCUT2D eigenvalue weighted by Gasteiger charge is -2.33. The molecule has 0 saturated carbocycles. The number of hydrogen-bond acceptors (Lipinski definition) is 3. The lowest BCUT2D eigenvalue weighted by atomic mass is 9.96. The average Bonchev–Trinajstić information content (AvgIpc) is 2.69. The normalized spacial score (nSPS) is 15.8. The highest BCUT2D eigenvalue weighted by molar-refractivity contribution is 7.89. The van der Waals surface area contributed by atoms with Gasteiger partial charge in [-0.1, -0.05) is 35.4 Å². The number of carbonyl (C=O) groups is 1.